The molecule has 0 unspecified atom stereocenters. The Balaban J connectivity index is 1.88. The van der Waals surface area contributed by atoms with Crippen LogP contribution in [0.2, 0.25) is 0 Å². The maximum Gasteiger partial charge on any atom is 0.222 e. The van der Waals surface area contributed by atoms with E-state index >= 15 is 0 Å². The third-order valence-electron chi connectivity index (χ3n) is 3.62. The van der Waals surface area contributed by atoms with Crippen LogP contribution in [0.1, 0.15) is 18.4 Å². The SMILES string of the molecule is CNC(=O)C1CCN(Cc2ccc(O)c(F)c2)CC1. The van der Waals surface area contributed by atoms with Gasteiger partial charge in [0.25, 0.3) is 0 Å². The van der Waals surface area contributed by atoms with Crippen molar-refractivity contribution in [2.75, 3.05) is 20.1 Å². The fraction of sp³-hybridized carbons (Fsp3) is 0.500. The predicted molar refractivity (Wildman–Crippen MR) is 70.1 cm³/mol. The number of carbonyl (C=O) groups excluding carboxylic acids is 1. The number of amides is 1. The summed E-state index contributed by atoms with van der Waals surface area (Å²) in [6, 6.07) is 4.46. The lowest BCUT2D eigenvalue weighted by Crippen LogP contribution is -2.39. The summed E-state index contributed by atoms with van der Waals surface area (Å²) >= 11 is 0. The Morgan fingerprint density at radius 2 is 2.16 bits per heavy atom. The quantitative estimate of drug-likeness (QED) is 0.871. The first-order valence-corrected chi connectivity index (χ1v) is 6.51. The molecular formula is C14H19FN2O2. The standard InChI is InChI=1S/C14H19FN2O2/c1-16-14(19)11-4-6-17(7-5-11)9-10-2-3-13(18)12(15)8-10/h2-3,8,11,18H,4-7,9H2,1H3,(H,16,19). The molecule has 1 saturated heterocycles. The molecule has 0 radical (unpaired) electrons. The number of aromatic hydroxyl groups is 1. The van der Waals surface area contributed by atoms with Crippen molar-refractivity contribution in [3.63, 3.8) is 0 Å². The number of benzene rings is 1. The molecule has 2 N–H and O–H groups in total. The van der Waals surface area contributed by atoms with Gasteiger partial charge in [-0.15, -0.1) is 0 Å². The molecule has 1 heterocycles. The largest absolute Gasteiger partial charge is 0.505 e. The molecule has 0 aromatic heterocycles. The average molecular weight is 266 g/mol. The zero-order valence-corrected chi connectivity index (χ0v) is 11.0. The molecule has 1 aliphatic rings. The van der Waals surface area contributed by atoms with E-state index in [1.165, 1.54) is 12.1 Å². The molecule has 1 fully saturated rings. The van der Waals surface area contributed by atoms with Crippen LogP contribution in [0, 0.1) is 11.7 Å². The van der Waals surface area contributed by atoms with Gasteiger partial charge in [-0.1, -0.05) is 6.07 Å². The Morgan fingerprint density at radius 1 is 1.47 bits per heavy atom. The zero-order chi connectivity index (χ0) is 13.8. The molecule has 4 nitrogen and oxygen atoms in total. The minimum atomic E-state index is -0.585. The fourth-order valence-electron chi connectivity index (χ4n) is 2.46. The normalized spacial score (nSPS) is 17.4. The molecule has 0 atom stereocenters. The second-order valence-electron chi connectivity index (χ2n) is 4.95. The van der Waals surface area contributed by atoms with Gasteiger partial charge in [0.1, 0.15) is 0 Å². The van der Waals surface area contributed by atoms with Crippen LogP contribution in [-0.4, -0.2) is 36.1 Å². The highest BCUT2D eigenvalue weighted by molar-refractivity contribution is 5.78. The van der Waals surface area contributed by atoms with Crippen LogP contribution >= 0.6 is 0 Å². The number of likely N-dealkylation sites (tertiary alicyclic amines) is 1. The second-order valence-corrected chi connectivity index (χ2v) is 4.95. The van der Waals surface area contributed by atoms with Gasteiger partial charge < -0.3 is 10.4 Å². The van der Waals surface area contributed by atoms with Gasteiger partial charge in [-0.25, -0.2) is 4.39 Å². The maximum absolute atomic E-state index is 13.2. The topological polar surface area (TPSA) is 52.6 Å². The van der Waals surface area contributed by atoms with Gasteiger partial charge in [0.05, 0.1) is 0 Å². The molecule has 104 valence electrons. The number of piperidine rings is 1. The molecule has 5 heteroatoms. The van der Waals surface area contributed by atoms with E-state index in [0.717, 1.165) is 31.5 Å². The van der Waals surface area contributed by atoms with Gasteiger partial charge >= 0.3 is 0 Å². The number of halogens is 1. The van der Waals surface area contributed by atoms with Gasteiger partial charge in [0.2, 0.25) is 5.91 Å². The van der Waals surface area contributed by atoms with Gasteiger partial charge in [-0.05, 0) is 43.6 Å². The lowest BCUT2D eigenvalue weighted by molar-refractivity contribution is -0.125. The molecule has 2 rings (SSSR count). The average Bonchev–Trinajstić information content (AvgIpc) is 2.43. The van der Waals surface area contributed by atoms with Crippen molar-refractivity contribution in [3.8, 4) is 5.75 Å². The molecular weight excluding hydrogens is 247 g/mol. The highest BCUT2D eigenvalue weighted by Gasteiger charge is 2.24. The lowest BCUT2D eigenvalue weighted by Gasteiger charge is -2.31. The van der Waals surface area contributed by atoms with E-state index in [2.05, 4.69) is 10.2 Å². The van der Waals surface area contributed by atoms with E-state index in [4.69, 9.17) is 5.11 Å². The van der Waals surface area contributed by atoms with Gasteiger partial charge in [-0.2, -0.15) is 0 Å². The van der Waals surface area contributed by atoms with Gasteiger partial charge in [0.15, 0.2) is 11.6 Å². The first-order valence-electron chi connectivity index (χ1n) is 6.51. The Bertz CT molecular complexity index is 457. The van der Waals surface area contributed by atoms with Crippen molar-refractivity contribution in [2.24, 2.45) is 5.92 Å². The van der Waals surface area contributed by atoms with Crippen molar-refractivity contribution < 1.29 is 14.3 Å². The van der Waals surface area contributed by atoms with Crippen molar-refractivity contribution in [2.45, 2.75) is 19.4 Å². The number of phenolic OH excluding ortho intramolecular Hbond substituents is 1. The van der Waals surface area contributed by atoms with Crippen LogP contribution in [-0.2, 0) is 11.3 Å². The smallest absolute Gasteiger partial charge is 0.222 e. The Kier molecular flexibility index (Phi) is 4.37. The lowest BCUT2D eigenvalue weighted by atomic mass is 9.95. The van der Waals surface area contributed by atoms with Crippen LogP contribution in [0.15, 0.2) is 18.2 Å². The summed E-state index contributed by atoms with van der Waals surface area (Å²) in [4.78, 5) is 13.7. The maximum atomic E-state index is 13.2. The summed E-state index contributed by atoms with van der Waals surface area (Å²) < 4.78 is 13.2. The van der Waals surface area contributed by atoms with E-state index in [0.29, 0.717) is 6.54 Å². The predicted octanol–water partition coefficient (Wildman–Crippen LogP) is 1.49. The molecule has 0 aliphatic carbocycles. The third-order valence-corrected chi connectivity index (χ3v) is 3.62. The van der Waals surface area contributed by atoms with Crippen LogP contribution in [0.25, 0.3) is 0 Å². The summed E-state index contributed by atoms with van der Waals surface area (Å²) in [5, 5.41) is 11.8. The fourth-order valence-corrected chi connectivity index (χ4v) is 2.46. The van der Waals surface area contributed by atoms with Crippen molar-refractivity contribution in [3.05, 3.63) is 29.6 Å². The third kappa shape index (κ3) is 3.44. The number of hydrogen-bond acceptors (Lipinski definition) is 3. The van der Waals surface area contributed by atoms with E-state index < -0.39 is 5.82 Å². The number of phenols is 1. The number of rotatable bonds is 3. The van der Waals surface area contributed by atoms with E-state index in [1.54, 1.807) is 13.1 Å². The molecule has 0 bridgehead atoms. The minimum Gasteiger partial charge on any atom is -0.505 e. The van der Waals surface area contributed by atoms with Crippen molar-refractivity contribution >= 4 is 5.91 Å². The van der Waals surface area contributed by atoms with Crippen LogP contribution < -0.4 is 5.32 Å². The molecule has 0 saturated carbocycles. The van der Waals surface area contributed by atoms with Crippen LogP contribution in [0.5, 0.6) is 5.75 Å². The summed E-state index contributed by atoms with van der Waals surface area (Å²) in [6.45, 7) is 2.32. The number of nitrogens with zero attached hydrogens (tertiary/aromatic N) is 1. The molecule has 1 aromatic rings. The number of nitrogens with one attached hydrogen (secondary N) is 1. The highest BCUT2D eigenvalue weighted by atomic mass is 19.1. The first kappa shape index (κ1) is 13.8. The number of hydrogen-bond donors (Lipinski definition) is 2. The summed E-state index contributed by atoms with van der Waals surface area (Å²) in [6.07, 6.45) is 1.67. The Hall–Kier alpha value is -1.62. The Labute approximate surface area is 112 Å². The van der Waals surface area contributed by atoms with Crippen molar-refractivity contribution in [1.82, 2.24) is 10.2 Å². The molecule has 19 heavy (non-hydrogen) atoms. The van der Waals surface area contributed by atoms with Gasteiger partial charge in [-0.3, -0.25) is 9.69 Å². The van der Waals surface area contributed by atoms with Crippen LogP contribution in [0.3, 0.4) is 0 Å². The zero-order valence-electron chi connectivity index (χ0n) is 11.0. The molecule has 1 aromatic carbocycles. The first-order chi connectivity index (χ1) is 9.10. The monoisotopic (exact) mass is 266 g/mol. The van der Waals surface area contributed by atoms with Gasteiger partial charge in [0, 0.05) is 19.5 Å². The van der Waals surface area contributed by atoms with E-state index in [1.807, 2.05) is 0 Å². The van der Waals surface area contributed by atoms with E-state index in [-0.39, 0.29) is 17.6 Å². The molecule has 1 amide bonds. The van der Waals surface area contributed by atoms with E-state index in [9.17, 15) is 9.18 Å². The summed E-state index contributed by atoms with van der Waals surface area (Å²) in [5.41, 5.74) is 0.841. The number of carbonyl (C=O) groups is 1. The Morgan fingerprint density at radius 3 is 2.74 bits per heavy atom. The minimum absolute atomic E-state index is 0.0952. The second kappa shape index (κ2) is 6.02. The van der Waals surface area contributed by atoms with Crippen LogP contribution in [0.4, 0.5) is 4.39 Å². The van der Waals surface area contributed by atoms with Crippen molar-refractivity contribution in [1.29, 1.82) is 0 Å². The molecule has 1 aliphatic heterocycles. The molecule has 0 spiro atoms. The summed E-state index contributed by atoms with van der Waals surface area (Å²) in [5.74, 6) is -0.701. The highest BCUT2D eigenvalue weighted by Crippen LogP contribution is 2.21. The summed E-state index contributed by atoms with van der Waals surface area (Å²) in [7, 11) is 1.66.